The summed E-state index contributed by atoms with van der Waals surface area (Å²) in [5.41, 5.74) is 0.649. The summed E-state index contributed by atoms with van der Waals surface area (Å²) in [6.45, 7) is 1.39. The van der Waals surface area contributed by atoms with Gasteiger partial charge < -0.3 is 18.9 Å². The molecule has 0 radical (unpaired) electrons. The van der Waals surface area contributed by atoms with E-state index in [1.54, 1.807) is 24.4 Å². The molecular formula is C24H23N3O5. The van der Waals surface area contributed by atoms with Crippen molar-refractivity contribution in [2.45, 2.75) is 19.3 Å². The molecule has 2 aromatic heterocycles. The van der Waals surface area contributed by atoms with Gasteiger partial charge in [-0.1, -0.05) is 17.3 Å². The second-order valence-electron chi connectivity index (χ2n) is 7.83. The van der Waals surface area contributed by atoms with E-state index >= 15 is 0 Å². The fourth-order valence-electron chi connectivity index (χ4n) is 4.31. The van der Waals surface area contributed by atoms with Crippen molar-refractivity contribution in [1.82, 2.24) is 14.6 Å². The van der Waals surface area contributed by atoms with Gasteiger partial charge in [-0.2, -0.15) is 0 Å². The quantitative estimate of drug-likeness (QED) is 0.487. The highest BCUT2D eigenvalue weighted by Crippen LogP contribution is 2.33. The second-order valence-corrected chi connectivity index (χ2v) is 7.83. The number of fused-ring (bicyclic) bond motifs is 2. The van der Waals surface area contributed by atoms with Crippen LogP contribution in [0.3, 0.4) is 0 Å². The molecule has 0 aliphatic carbocycles. The third-order valence-electron chi connectivity index (χ3n) is 5.98. The molecule has 8 heteroatoms. The molecule has 8 nitrogen and oxygen atoms in total. The van der Waals surface area contributed by atoms with Gasteiger partial charge in [0.05, 0.1) is 30.6 Å². The van der Waals surface area contributed by atoms with Gasteiger partial charge in [0, 0.05) is 24.7 Å². The number of benzene rings is 2. The fraction of sp³-hybridized carbons (Fsp3) is 0.292. The fourth-order valence-corrected chi connectivity index (χ4v) is 4.31. The number of rotatable bonds is 4. The third-order valence-corrected chi connectivity index (χ3v) is 5.98. The molecule has 0 bridgehead atoms. The molecule has 0 N–H and O–H groups in total. The summed E-state index contributed by atoms with van der Waals surface area (Å²) in [5.74, 6) is 1.09. The lowest BCUT2D eigenvalue weighted by Gasteiger charge is -2.27. The number of likely N-dealkylation sites (tertiary alicyclic amines) is 1. The second kappa shape index (κ2) is 8.03. The van der Waals surface area contributed by atoms with Gasteiger partial charge in [0.25, 0.3) is 11.5 Å². The van der Waals surface area contributed by atoms with Crippen molar-refractivity contribution in [2.24, 2.45) is 0 Å². The van der Waals surface area contributed by atoms with E-state index in [9.17, 15) is 9.59 Å². The summed E-state index contributed by atoms with van der Waals surface area (Å²) >= 11 is 0. The van der Waals surface area contributed by atoms with Crippen molar-refractivity contribution < 1.29 is 18.8 Å². The highest BCUT2D eigenvalue weighted by molar-refractivity contribution is 6.07. The molecule has 1 amide bonds. The SMILES string of the molecule is COc1cc2c(C(=O)N3CCCCC3)cn(-c3noc4ccccc34)c(=O)c2cc1OC. The monoisotopic (exact) mass is 433 g/mol. The van der Waals surface area contributed by atoms with E-state index in [0.29, 0.717) is 57.7 Å². The van der Waals surface area contributed by atoms with E-state index in [-0.39, 0.29) is 11.5 Å². The number of piperidine rings is 1. The van der Waals surface area contributed by atoms with Gasteiger partial charge in [-0.3, -0.25) is 14.2 Å². The minimum atomic E-state index is -0.324. The number of pyridine rings is 1. The Labute approximate surface area is 183 Å². The van der Waals surface area contributed by atoms with Crippen molar-refractivity contribution in [1.29, 1.82) is 0 Å². The Morgan fingerprint density at radius 2 is 1.66 bits per heavy atom. The summed E-state index contributed by atoms with van der Waals surface area (Å²) in [7, 11) is 3.04. The summed E-state index contributed by atoms with van der Waals surface area (Å²) in [5, 5.41) is 5.68. The van der Waals surface area contributed by atoms with Crippen molar-refractivity contribution in [3.63, 3.8) is 0 Å². The maximum atomic E-state index is 13.6. The zero-order chi connectivity index (χ0) is 22.2. The number of carbonyl (C=O) groups excluding carboxylic acids is 1. The first-order chi connectivity index (χ1) is 15.6. The van der Waals surface area contributed by atoms with Gasteiger partial charge >= 0.3 is 0 Å². The number of para-hydroxylation sites is 1. The lowest BCUT2D eigenvalue weighted by atomic mass is 10.0. The number of hydrogen-bond donors (Lipinski definition) is 0. The molecule has 4 aromatic rings. The van der Waals surface area contributed by atoms with Crippen molar-refractivity contribution >= 4 is 27.6 Å². The number of amides is 1. The summed E-state index contributed by atoms with van der Waals surface area (Å²) < 4.78 is 17.7. The first-order valence-electron chi connectivity index (χ1n) is 10.6. The Kier molecular flexibility index (Phi) is 5.05. The van der Waals surface area contributed by atoms with Crippen LogP contribution in [0, 0.1) is 0 Å². The van der Waals surface area contributed by atoms with E-state index in [4.69, 9.17) is 14.0 Å². The number of carbonyl (C=O) groups is 1. The summed E-state index contributed by atoms with van der Waals surface area (Å²) in [4.78, 5) is 28.9. The largest absolute Gasteiger partial charge is 0.493 e. The normalized spacial score (nSPS) is 14.1. The predicted molar refractivity (Wildman–Crippen MR) is 120 cm³/mol. The third kappa shape index (κ3) is 3.19. The van der Waals surface area contributed by atoms with Crippen LogP contribution in [0.4, 0.5) is 0 Å². The zero-order valence-corrected chi connectivity index (χ0v) is 18.0. The predicted octanol–water partition coefficient (Wildman–Crippen LogP) is 3.78. The molecule has 1 saturated heterocycles. The van der Waals surface area contributed by atoms with Crippen LogP contribution in [0.25, 0.3) is 27.6 Å². The molecule has 1 fully saturated rings. The molecule has 5 rings (SSSR count). The van der Waals surface area contributed by atoms with Crippen LogP contribution in [0.15, 0.2) is 51.9 Å². The molecular weight excluding hydrogens is 410 g/mol. The molecule has 0 atom stereocenters. The number of hydrogen-bond acceptors (Lipinski definition) is 6. The van der Waals surface area contributed by atoms with Gasteiger partial charge in [0.1, 0.15) is 0 Å². The van der Waals surface area contributed by atoms with Gasteiger partial charge in [0.2, 0.25) is 0 Å². The molecule has 0 unspecified atom stereocenters. The Morgan fingerprint density at radius 1 is 0.969 bits per heavy atom. The van der Waals surface area contributed by atoms with E-state index in [1.807, 2.05) is 23.1 Å². The van der Waals surface area contributed by atoms with Crippen LogP contribution in [-0.2, 0) is 0 Å². The Balaban J connectivity index is 1.81. The Bertz CT molecular complexity index is 1380. The van der Waals surface area contributed by atoms with E-state index < -0.39 is 0 Å². The lowest BCUT2D eigenvalue weighted by molar-refractivity contribution is 0.0725. The van der Waals surface area contributed by atoms with Crippen LogP contribution in [-0.4, -0.2) is 47.8 Å². The van der Waals surface area contributed by atoms with Crippen LogP contribution < -0.4 is 15.0 Å². The summed E-state index contributed by atoms with van der Waals surface area (Å²) in [6.07, 6.45) is 4.61. The first-order valence-corrected chi connectivity index (χ1v) is 10.6. The van der Waals surface area contributed by atoms with Gasteiger partial charge in [-0.15, -0.1) is 0 Å². The molecule has 0 spiro atoms. The molecule has 32 heavy (non-hydrogen) atoms. The van der Waals surface area contributed by atoms with E-state index in [0.717, 1.165) is 19.3 Å². The van der Waals surface area contributed by atoms with E-state index in [1.165, 1.54) is 18.8 Å². The Morgan fingerprint density at radius 3 is 2.38 bits per heavy atom. The zero-order valence-electron chi connectivity index (χ0n) is 18.0. The minimum Gasteiger partial charge on any atom is -0.493 e. The molecule has 164 valence electrons. The highest BCUT2D eigenvalue weighted by Gasteiger charge is 2.25. The van der Waals surface area contributed by atoms with Crippen molar-refractivity contribution in [3.8, 4) is 17.3 Å². The maximum Gasteiger partial charge on any atom is 0.264 e. The van der Waals surface area contributed by atoms with Gasteiger partial charge in [0.15, 0.2) is 22.9 Å². The molecule has 1 aliphatic heterocycles. The molecule has 1 aliphatic rings. The first kappa shape index (κ1) is 20.1. The Hall–Kier alpha value is -3.81. The smallest absolute Gasteiger partial charge is 0.264 e. The van der Waals surface area contributed by atoms with Crippen LogP contribution in [0.2, 0.25) is 0 Å². The lowest BCUT2D eigenvalue weighted by Crippen LogP contribution is -2.36. The highest BCUT2D eigenvalue weighted by atomic mass is 16.5. The van der Waals surface area contributed by atoms with Crippen LogP contribution >= 0.6 is 0 Å². The average Bonchev–Trinajstić information content (AvgIpc) is 3.27. The molecule has 3 heterocycles. The number of methoxy groups -OCH3 is 2. The maximum absolute atomic E-state index is 13.6. The van der Waals surface area contributed by atoms with Gasteiger partial charge in [-0.05, 0) is 43.5 Å². The number of aromatic nitrogens is 2. The van der Waals surface area contributed by atoms with Crippen LogP contribution in [0.1, 0.15) is 29.6 Å². The summed E-state index contributed by atoms with van der Waals surface area (Å²) in [6, 6.07) is 10.6. The topological polar surface area (TPSA) is 86.8 Å². The van der Waals surface area contributed by atoms with Crippen LogP contribution in [0.5, 0.6) is 11.5 Å². The molecule has 0 saturated carbocycles. The standard InChI is InChI=1S/C24H23N3O5/c1-30-20-12-16-17(13-21(20)31-2)24(29)27(22-15-8-4-5-9-19(15)32-25-22)14-18(16)23(28)26-10-6-3-7-11-26/h4-5,8-9,12-14H,3,6-7,10-11H2,1-2H3. The number of nitrogens with zero attached hydrogens (tertiary/aromatic N) is 3. The average molecular weight is 433 g/mol. The molecule has 2 aromatic carbocycles. The van der Waals surface area contributed by atoms with Crippen molar-refractivity contribution in [2.75, 3.05) is 27.3 Å². The minimum absolute atomic E-state index is 0.122. The van der Waals surface area contributed by atoms with Crippen molar-refractivity contribution in [3.05, 3.63) is 58.5 Å². The number of ether oxygens (including phenoxy) is 2. The van der Waals surface area contributed by atoms with Gasteiger partial charge in [-0.25, -0.2) is 0 Å². The van der Waals surface area contributed by atoms with E-state index in [2.05, 4.69) is 5.16 Å².